The first-order chi connectivity index (χ1) is 14.2. The van der Waals surface area contributed by atoms with Crippen LogP contribution in [0.4, 0.5) is 0 Å². The molecule has 0 unspecified atom stereocenters. The summed E-state index contributed by atoms with van der Waals surface area (Å²) in [5, 5.41) is 3.05. The van der Waals surface area contributed by atoms with Gasteiger partial charge in [-0.25, -0.2) is 4.98 Å². The van der Waals surface area contributed by atoms with Gasteiger partial charge in [0.05, 0.1) is 17.1 Å². The van der Waals surface area contributed by atoms with Crippen LogP contribution in [0.15, 0.2) is 35.7 Å². The Morgan fingerprint density at radius 2 is 1.69 bits per heavy atom. The van der Waals surface area contributed by atoms with Crippen LogP contribution in [0, 0.1) is 5.92 Å². The van der Waals surface area contributed by atoms with Crippen LogP contribution in [0.1, 0.15) is 48.4 Å². The van der Waals surface area contributed by atoms with E-state index in [0.29, 0.717) is 25.4 Å². The number of carbonyl (C=O) groups is 2. The number of hydrogen-bond donors (Lipinski definition) is 0. The van der Waals surface area contributed by atoms with Crippen molar-refractivity contribution in [2.45, 2.75) is 44.9 Å². The summed E-state index contributed by atoms with van der Waals surface area (Å²) in [5.74, 6) is 0.529. The number of aromatic nitrogens is 1. The maximum atomic E-state index is 12.7. The number of piperidine rings is 2. The van der Waals surface area contributed by atoms with Crippen LogP contribution in [0.3, 0.4) is 0 Å². The highest BCUT2D eigenvalue weighted by Crippen LogP contribution is 2.23. The Morgan fingerprint density at radius 1 is 0.966 bits per heavy atom. The molecular weight excluding hydrogens is 382 g/mol. The van der Waals surface area contributed by atoms with Crippen LogP contribution in [-0.2, 0) is 22.4 Å². The van der Waals surface area contributed by atoms with Gasteiger partial charge in [0.15, 0.2) is 0 Å². The number of hydrogen-bond acceptors (Lipinski definition) is 4. The van der Waals surface area contributed by atoms with Gasteiger partial charge in [-0.1, -0.05) is 30.3 Å². The first kappa shape index (κ1) is 20.1. The summed E-state index contributed by atoms with van der Waals surface area (Å²) < 4.78 is 0. The van der Waals surface area contributed by atoms with E-state index >= 15 is 0 Å². The van der Waals surface area contributed by atoms with Gasteiger partial charge in [0.1, 0.15) is 0 Å². The molecule has 2 aromatic rings. The molecule has 4 rings (SSSR count). The summed E-state index contributed by atoms with van der Waals surface area (Å²) in [7, 11) is 0. The van der Waals surface area contributed by atoms with Gasteiger partial charge in [0, 0.05) is 43.9 Å². The molecular formula is C23H29N3O2S. The number of nitrogens with zero attached hydrogens (tertiary/aromatic N) is 3. The topological polar surface area (TPSA) is 53.5 Å². The third kappa shape index (κ3) is 5.24. The number of thiazole rings is 1. The van der Waals surface area contributed by atoms with Crippen molar-refractivity contribution in [3.63, 3.8) is 0 Å². The van der Waals surface area contributed by atoms with E-state index in [1.165, 1.54) is 12.0 Å². The Hall–Kier alpha value is -2.21. The molecule has 6 heteroatoms. The fraction of sp³-hybridized carbons (Fsp3) is 0.522. The molecule has 154 valence electrons. The highest BCUT2D eigenvalue weighted by molar-refractivity contribution is 7.09. The Labute approximate surface area is 176 Å². The SMILES string of the molecule is O=C(Cc1csc(Cc2ccccc2)n1)N1CCC(C(=O)N2CCCCC2)CC1. The van der Waals surface area contributed by atoms with Crippen LogP contribution >= 0.6 is 11.3 Å². The van der Waals surface area contributed by atoms with Crippen molar-refractivity contribution in [2.24, 2.45) is 5.92 Å². The lowest BCUT2D eigenvalue weighted by Crippen LogP contribution is -2.46. The smallest absolute Gasteiger partial charge is 0.228 e. The van der Waals surface area contributed by atoms with Crippen molar-refractivity contribution in [3.05, 3.63) is 52.0 Å². The van der Waals surface area contributed by atoms with Crippen molar-refractivity contribution in [1.82, 2.24) is 14.8 Å². The van der Waals surface area contributed by atoms with Gasteiger partial charge in [-0.05, 0) is 37.7 Å². The highest BCUT2D eigenvalue weighted by atomic mass is 32.1. The third-order valence-corrected chi connectivity index (χ3v) is 6.89. The minimum atomic E-state index is 0.0916. The summed E-state index contributed by atoms with van der Waals surface area (Å²) in [6.07, 6.45) is 6.24. The van der Waals surface area contributed by atoms with E-state index < -0.39 is 0 Å². The lowest BCUT2D eigenvalue weighted by Gasteiger charge is -2.35. The quantitative estimate of drug-likeness (QED) is 0.756. The molecule has 0 spiro atoms. The van der Waals surface area contributed by atoms with Crippen molar-refractivity contribution < 1.29 is 9.59 Å². The van der Waals surface area contributed by atoms with E-state index in [4.69, 9.17) is 0 Å². The van der Waals surface area contributed by atoms with E-state index in [1.54, 1.807) is 11.3 Å². The monoisotopic (exact) mass is 411 g/mol. The molecule has 0 radical (unpaired) electrons. The lowest BCUT2D eigenvalue weighted by atomic mass is 9.94. The molecule has 1 aromatic carbocycles. The molecule has 0 atom stereocenters. The van der Waals surface area contributed by atoms with Gasteiger partial charge in [0.25, 0.3) is 0 Å². The molecule has 2 aliphatic rings. The molecule has 0 bridgehead atoms. The van der Waals surface area contributed by atoms with Crippen molar-refractivity contribution >= 4 is 23.2 Å². The van der Waals surface area contributed by atoms with E-state index in [-0.39, 0.29) is 11.8 Å². The predicted octanol–water partition coefficient (Wildman–Crippen LogP) is 3.53. The molecule has 1 aromatic heterocycles. The fourth-order valence-electron chi connectivity index (χ4n) is 4.30. The first-order valence-electron chi connectivity index (χ1n) is 10.7. The Balaban J connectivity index is 1.25. The predicted molar refractivity (Wildman–Crippen MR) is 115 cm³/mol. The molecule has 2 fully saturated rings. The second kappa shape index (κ2) is 9.53. The van der Waals surface area contributed by atoms with Gasteiger partial charge in [-0.3, -0.25) is 9.59 Å². The van der Waals surface area contributed by atoms with E-state index in [0.717, 1.165) is 55.9 Å². The summed E-state index contributed by atoms with van der Waals surface area (Å²) in [6, 6.07) is 10.3. The summed E-state index contributed by atoms with van der Waals surface area (Å²) in [6.45, 7) is 3.19. The van der Waals surface area contributed by atoms with Gasteiger partial charge in [-0.2, -0.15) is 0 Å². The van der Waals surface area contributed by atoms with Crippen molar-refractivity contribution in [1.29, 1.82) is 0 Å². The van der Waals surface area contributed by atoms with Crippen molar-refractivity contribution in [3.8, 4) is 0 Å². The molecule has 3 heterocycles. The standard InChI is InChI=1S/C23H29N3O2S/c27-22(16-20-17-29-21(24-20)15-18-7-3-1-4-8-18)25-13-9-19(10-14-25)23(28)26-11-5-2-6-12-26/h1,3-4,7-8,17,19H,2,5-6,9-16H2. The number of amides is 2. The van der Waals surface area contributed by atoms with Gasteiger partial charge in [0.2, 0.25) is 11.8 Å². The molecule has 0 aliphatic carbocycles. The number of likely N-dealkylation sites (tertiary alicyclic amines) is 2. The van der Waals surface area contributed by atoms with Crippen molar-refractivity contribution in [2.75, 3.05) is 26.2 Å². The van der Waals surface area contributed by atoms with Gasteiger partial charge in [-0.15, -0.1) is 11.3 Å². The first-order valence-corrected chi connectivity index (χ1v) is 11.6. The molecule has 2 amide bonds. The average Bonchev–Trinajstić information content (AvgIpc) is 3.21. The zero-order chi connectivity index (χ0) is 20.1. The normalized spacial score (nSPS) is 18.1. The maximum absolute atomic E-state index is 12.7. The molecule has 2 saturated heterocycles. The maximum Gasteiger partial charge on any atom is 0.228 e. The number of rotatable bonds is 5. The second-order valence-corrected chi connectivity index (χ2v) is 9.06. The Morgan fingerprint density at radius 3 is 2.41 bits per heavy atom. The minimum Gasteiger partial charge on any atom is -0.342 e. The van der Waals surface area contributed by atoms with Crippen LogP contribution in [0.5, 0.6) is 0 Å². The summed E-state index contributed by atoms with van der Waals surface area (Å²) in [5.41, 5.74) is 2.10. The largest absolute Gasteiger partial charge is 0.342 e. The molecule has 2 aliphatic heterocycles. The molecule has 0 saturated carbocycles. The summed E-state index contributed by atoms with van der Waals surface area (Å²) in [4.78, 5) is 34.0. The van der Waals surface area contributed by atoms with E-state index in [2.05, 4.69) is 17.1 Å². The summed E-state index contributed by atoms with van der Waals surface area (Å²) >= 11 is 1.62. The zero-order valence-corrected chi connectivity index (χ0v) is 17.7. The zero-order valence-electron chi connectivity index (χ0n) is 16.9. The van der Waals surface area contributed by atoms with Crippen LogP contribution in [0.2, 0.25) is 0 Å². The molecule has 0 N–H and O–H groups in total. The van der Waals surface area contributed by atoms with Gasteiger partial charge >= 0.3 is 0 Å². The van der Waals surface area contributed by atoms with Crippen LogP contribution in [0.25, 0.3) is 0 Å². The lowest BCUT2D eigenvalue weighted by molar-refractivity contribution is -0.141. The third-order valence-electron chi connectivity index (χ3n) is 5.99. The van der Waals surface area contributed by atoms with Gasteiger partial charge < -0.3 is 9.80 Å². The van der Waals surface area contributed by atoms with Crippen LogP contribution in [-0.4, -0.2) is 52.8 Å². The number of carbonyl (C=O) groups excluding carboxylic acids is 2. The molecule has 29 heavy (non-hydrogen) atoms. The number of benzene rings is 1. The van der Waals surface area contributed by atoms with E-state index in [1.807, 2.05) is 33.4 Å². The highest BCUT2D eigenvalue weighted by Gasteiger charge is 2.30. The Kier molecular flexibility index (Phi) is 6.60. The Bertz CT molecular complexity index is 822. The minimum absolute atomic E-state index is 0.0916. The van der Waals surface area contributed by atoms with E-state index in [9.17, 15) is 9.59 Å². The molecule has 5 nitrogen and oxygen atoms in total. The van der Waals surface area contributed by atoms with Crippen LogP contribution < -0.4 is 0 Å². The fourth-order valence-corrected chi connectivity index (χ4v) is 5.12. The second-order valence-electron chi connectivity index (χ2n) is 8.11. The average molecular weight is 412 g/mol.